The Morgan fingerprint density at radius 2 is 1.06 bits per heavy atom. The summed E-state index contributed by atoms with van der Waals surface area (Å²) in [5, 5.41) is 0. The van der Waals surface area contributed by atoms with Crippen LogP contribution in [0.25, 0.3) is 0 Å². The van der Waals surface area contributed by atoms with E-state index >= 15 is 0 Å². The summed E-state index contributed by atoms with van der Waals surface area (Å²) in [5.74, 6) is 3.49. The van der Waals surface area contributed by atoms with E-state index < -0.39 is 0 Å². The average molecular weight is 224 g/mol. The molecule has 0 spiro atoms. The van der Waals surface area contributed by atoms with Gasteiger partial charge in [-0.3, -0.25) is 0 Å². The molecule has 94 valence electrons. The first-order chi connectivity index (χ1) is 7.58. The molecule has 0 saturated heterocycles. The lowest BCUT2D eigenvalue weighted by molar-refractivity contribution is 0.0844. The monoisotopic (exact) mass is 224 g/mol. The second-order valence-corrected chi connectivity index (χ2v) is 6.43. The van der Waals surface area contributed by atoms with Gasteiger partial charge in [0.15, 0.2) is 0 Å². The number of hydrogen-bond donors (Lipinski definition) is 2. The van der Waals surface area contributed by atoms with Gasteiger partial charge in [-0.2, -0.15) is 0 Å². The summed E-state index contributed by atoms with van der Waals surface area (Å²) in [7, 11) is 0. The molecule has 0 heterocycles. The van der Waals surface area contributed by atoms with Crippen LogP contribution in [0.4, 0.5) is 0 Å². The maximum atomic E-state index is 6.05. The minimum atomic E-state index is 0.465. The van der Waals surface area contributed by atoms with Crippen molar-refractivity contribution in [2.75, 3.05) is 0 Å². The number of nitrogens with two attached hydrogens (primary N) is 2. The molecule has 6 unspecified atom stereocenters. The highest BCUT2D eigenvalue weighted by atomic mass is 14.7. The summed E-state index contributed by atoms with van der Waals surface area (Å²) < 4.78 is 0. The van der Waals surface area contributed by atoms with E-state index in [-0.39, 0.29) is 0 Å². The van der Waals surface area contributed by atoms with Crippen LogP contribution < -0.4 is 11.5 Å². The zero-order chi connectivity index (χ0) is 11.7. The molecule has 2 nitrogen and oxygen atoms in total. The molecule has 0 aromatic heterocycles. The van der Waals surface area contributed by atoms with Gasteiger partial charge in [-0.15, -0.1) is 0 Å². The van der Waals surface area contributed by atoms with Crippen molar-refractivity contribution in [2.24, 2.45) is 35.1 Å². The van der Waals surface area contributed by atoms with Crippen LogP contribution in [0.2, 0.25) is 0 Å². The zero-order valence-corrected chi connectivity index (χ0v) is 10.9. The number of rotatable bonds is 1. The molecule has 0 radical (unpaired) electrons. The zero-order valence-electron chi connectivity index (χ0n) is 10.9. The minimum absolute atomic E-state index is 0.465. The quantitative estimate of drug-likeness (QED) is 0.719. The predicted octanol–water partition coefficient (Wildman–Crippen LogP) is 2.51. The lowest BCUT2D eigenvalue weighted by Crippen LogP contribution is -2.41. The topological polar surface area (TPSA) is 52.0 Å². The van der Waals surface area contributed by atoms with Crippen LogP contribution in [0.1, 0.15) is 52.4 Å². The molecule has 2 saturated carbocycles. The van der Waals surface area contributed by atoms with Crippen LogP contribution in [-0.4, -0.2) is 12.1 Å². The van der Waals surface area contributed by atoms with Gasteiger partial charge in [0.2, 0.25) is 0 Å². The summed E-state index contributed by atoms with van der Waals surface area (Å²) in [6.07, 6.45) is 7.66. The van der Waals surface area contributed by atoms with Crippen LogP contribution >= 0.6 is 0 Å². The summed E-state index contributed by atoms with van der Waals surface area (Å²) >= 11 is 0. The Morgan fingerprint density at radius 3 is 1.38 bits per heavy atom. The van der Waals surface area contributed by atoms with Crippen molar-refractivity contribution >= 4 is 0 Å². The van der Waals surface area contributed by atoms with Gasteiger partial charge in [-0.25, -0.2) is 0 Å². The lowest BCUT2D eigenvalue weighted by atomic mass is 9.63. The third kappa shape index (κ3) is 2.60. The van der Waals surface area contributed by atoms with Crippen molar-refractivity contribution < 1.29 is 0 Å². The molecular weight excluding hydrogens is 196 g/mol. The Morgan fingerprint density at radius 1 is 0.688 bits per heavy atom. The van der Waals surface area contributed by atoms with Crippen LogP contribution in [-0.2, 0) is 0 Å². The first-order valence-corrected chi connectivity index (χ1v) is 7.09. The third-order valence-corrected chi connectivity index (χ3v) is 5.10. The highest BCUT2D eigenvalue weighted by molar-refractivity contribution is 4.89. The van der Waals surface area contributed by atoms with Crippen molar-refractivity contribution in [3.05, 3.63) is 0 Å². The van der Waals surface area contributed by atoms with Gasteiger partial charge in [0.1, 0.15) is 0 Å². The largest absolute Gasteiger partial charge is 0.328 e. The Balaban J connectivity index is 1.96. The van der Waals surface area contributed by atoms with Gasteiger partial charge in [-0.1, -0.05) is 13.8 Å². The Labute approximate surface area is 100 Å². The maximum Gasteiger partial charge on any atom is 0.00415 e. The first kappa shape index (κ1) is 12.4. The summed E-state index contributed by atoms with van der Waals surface area (Å²) in [6, 6.07) is 0.930. The molecule has 16 heavy (non-hydrogen) atoms. The van der Waals surface area contributed by atoms with Crippen molar-refractivity contribution in [2.45, 2.75) is 64.5 Å². The van der Waals surface area contributed by atoms with E-state index in [1.54, 1.807) is 0 Å². The molecule has 2 fully saturated rings. The second kappa shape index (κ2) is 5.05. The fourth-order valence-electron chi connectivity index (χ4n) is 4.19. The predicted molar refractivity (Wildman–Crippen MR) is 69.0 cm³/mol. The molecule has 0 amide bonds. The molecule has 0 aliphatic heterocycles. The van der Waals surface area contributed by atoms with E-state index in [0.717, 1.165) is 23.7 Å². The van der Waals surface area contributed by atoms with Crippen molar-refractivity contribution in [3.63, 3.8) is 0 Å². The van der Waals surface area contributed by atoms with Gasteiger partial charge in [0.25, 0.3) is 0 Å². The Kier molecular flexibility index (Phi) is 3.91. The third-order valence-electron chi connectivity index (χ3n) is 5.10. The smallest absolute Gasteiger partial charge is 0.00415 e. The van der Waals surface area contributed by atoms with Crippen LogP contribution in [0, 0.1) is 23.7 Å². The van der Waals surface area contributed by atoms with Crippen molar-refractivity contribution in [3.8, 4) is 0 Å². The van der Waals surface area contributed by atoms with E-state index in [2.05, 4.69) is 13.8 Å². The Hall–Kier alpha value is -0.0800. The molecule has 4 N–H and O–H groups in total. The van der Waals surface area contributed by atoms with Gasteiger partial charge in [0.05, 0.1) is 0 Å². The molecule has 0 aromatic rings. The van der Waals surface area contributed by atoms with Gasteiger partial charge in [-0.05, 0) is 62.2 Å². The summed E-state index contributed by atoms with van der Waals surface area (Å²) in [4.78, 5) is 0. The average Bonchev–Trinajstić information content (AvgIpc) is 2.19. The van der Waals surface area contributed by atoms with Gasteiger partial charge < -0.3 is 11.5 Å². The SMILES string of the molecule is CC1CC(N)CCC1C1CCC(N)CC1C. The molecule has 2 aliphatic carbocycles. The Bertz CT molecular complexity index is 205. The van der Waals surface area contributed by atoms with Crippen LogP contribution in [0.3, 0.4) is 0 Å². The van der Waals surface area contributed by atoms with Gasteiger partial charge >= 0.3 is 0 Å². The van der Waals surface area contributed by atoms with Crippen LogP contribution in [0.5, 0.6) is 0 Å². The normalized spacial score (nSPS) is 50.2. The van der Waals surface area contributed by atoms with E-state index in [0.29, 0.717) is 12.1 Å². The molecule has 0 aromatic carbocycles. The van der Waals surface area contributed by atoms with E-state index in [4.69, 9.17) is 11.5 Å². The molecule has 0 bridgehead atoms. The summed E-state index contributed by atoms with van der Waals surface area (Å²) in [6.45, 7) is 4.82. The first-order valence-electron chi connectivity index (χ1n) is 7.09. The van der Waals surface area contributed by atoms with E-state index in [1.165, 1.54) is 38.5 Å². The van der Waals surface area contributed by atoms with Crippen molar-refractivity contribution in [1.29, 1.82) is 0 Å². The highest BCUT2D eigenvalue weighted by Gasteiger charge is 2.36. The number of hydrogen-bond acceptors (Lipinski definition) is 2. The fraction of sp³-hybridized carbons (Fsp3) is 1.00. The van der Waals surface area contributed by atoms with Crippen molar-refractivity contribution in [1.82, 2.24) is 0 Å². The maximum absolute atomic E-state index is 6.05. The van der Waals surface area contributed by atoms with Crippen LogP contribution in [0.15, 0.2) is 0 Å². The second-order valence-electron chi connectivity index (χ2n) is 6.43. The fourth-order valence-corrected chi connectivity index (χ4v) is 4.19. The van der Waals surface area contributed by atoms with E-state index in [9.17, 15) is 0 Å². The lowest BCUT2D eigenvalue weighted by Gasteiger charge is -2.43. The molecule has 2 aliphatic rings. The molecule has 6 atom stereocenters. The van der Waals surface area contributed by atoms with Gasteiger partial charge in [0, 0.05) is 12.1 Å². The highest BCUT2D eigenvalue weighted by Crippen LogP contribution is 2.43. The minimum Gasteiger partial charge on any atom is -0.328 e. The molecule has 2 rings (SSSR count). The molecule has 2 heteroatoms. The summed E-state index contributed by atoms with van der Waals surface area (Å²) in [5.41, 5.74) is 12.1. The standard InChI is InChI=1S/C14H28N2/c1-9-7-11(15)3-5-13(9)14-6-4-12(16)8-10(14)2/h9-14H,3-8,15-16H2,1-2H3. The van der Waals surface area contributed by atoms with E-state index in [1.807, 2.05) is 0 Å². The molecular formula is C14H28N2.